The van der Waals surface area contributed by atoms with Crippen molar-refractivity contribution in [2.45, 2.75) is 31.7 Å². The van der Waals surface area contributed by atoms with E-state index in [0.29, 0.717) is 12.6 Å². The Balaban J connectivity index is 1.65. The van der Waals surface area contributed by atoms with Crippen LogP contribution in [-0.4, -0.2) is 52.3 Å². The van der Waals surface area contributed by atoms with Crippen LogP contribution in [0.25, 0.3) is 0 Å². The zero-order chi connectivity index (χ0) is 12.6. The van der Waals surface area contributed by atoms with Gasteiger partial charge in [0.05, 0.1) is 6.61 Å². The largest absolute Gasteiger partial charge is 0.395 e. The Morgan fingerprint density at radius 2 is 2.39 bits per heavy atom. The lowest BCUT2D eigenvalue weighted by Crippen LogP contribution is -2.42. The van der Waals surface area contributed by atoms with Crippen LogP contribution in [0.5, 0.6) is 0 Å². The van der Waals surface area contributed by atoms with Gasteiger partial charge in [0.25, 0.3) is 0 Å². The van der Waals surface area contributed by atoms with E-state index in [1.165, 1.54) is 12.8 Å². The van der Waals surface area contributed by atoms with E-state index in [1.807, 2.05) is 6.07 Å². The highest BCUT2D eigenvalue weighted by Gasteiger charge is 2.20. The second-order valence-corrected chi connectivity index (χ2v) is 4.74. The standard InChI is InChI=1S/C13H22N4O/c18-10-12-4-1-2-8-17(12)9-3-6-15-13-5-7-14-11-16-13/h5,7,11-12,18H,1-4,6,8-10H2,(H,14,15,16)/t12-/m1/s1. The number of hydrogen-bond donors (Lipinski definition) is 2. The van der Waals surface area contributed by atoms with Crippen LogP contribution >= 0.6 is 0 Å². The molecule has 0 amide bonds. The third-order valence-corrected chi connectivity index (χ3v) is 3.47. The van der Waals surface area contributed by atoms with Gasteiger partial charge in [-0.2, -0.15) is 0 Å². The number of hydrogen-bond acceptors (Lipinski definition) is 5. The topological polar surface area (TPSA) is 61.3 Å². The van der Waals surface area contributed by atoms with Gasteiger partial charge in [0.15, 0.2) is 0 Å². The minimum Gasteiger partial charge on any atom is -0.395 e. The van der Waals surface area contributed by atoms with Crippen molar-refractivity contribution in [1.82, 2.24) is 14.9 Å². The molecule has 0 spiro atoms. The summed E-state index contributed by atoms with van der Waals surface area (Å²) in [6.45, 7) is 3.37. The predicted molar refractivity (Wildman–Crippen MR) is 71.4 cm³/mol. The average molecular weight is 250 g/mol. The molecule has 1 aromatic rings. The van der Waals surface area contributed by atoms with Crippen LogP contribution in [0.3, 0.4) is 0 Å². The number of aromatic nitrogens is 2. The van der Waals surface area contributed by atoms with Crippen LogP contribution in [-0.2, 0) is 0 Å². The molecule has 0 saturated carbocycles. The lowest BCUT2D eigenvalue weighted by atomic mass is 10.0. The van der Waals surface area contributed by atoms with E-state index >= 15 is 0 Å². The van der Waals surface area contributed by atoms with Gasteiger partial charge >= 0.3 is 0 Å². The third kappa shape index (κ3) is 3.92. The molecule has 18 heavy (non-hydrogen) atoms. The first-order valence-electron chi connectivity index (χ1n) is 6.75. The van der Waals surface area contributed by atoms with E-state index in [1.54, 1.807) is 12.5 Å². The Kier molecular flexibility index (Phi) is 5.36. The molecular weight excluding hydrogens is 228 g/mol. The molecule has 0 unspecified atom stereocenters. The molecule has 5 nitrogen and oxygen atoms in total. The third-order valence-electron chi connectivity index (χ3n) is 3.47. The predicted octanol–water partition coefficient (Wildman–Crippen LogP) is 1.13. The summed E-state index contributed by atoms with van der Waals surface area (Å²) in [5.41, 5.74) is 0. The van der Waals surface area contributed by atoms with E-state index < -0.39 is 0 Å². The number of likely N-dealkylation sites (tertiary alicyclic amines) is 1. The van der Waals surface area contributed by atoms with Gasteiger partial charge in [0, 0.05) is 25.3 Å². The molecule has 1 aliphatic heterocycles. The first kappa shape index (κ1) is 13.2. The molecule has 5 heteroatoms. The molecule has 1 saturated heterocycles. The van der Waals surface area contributed by atoms with E-state index in [9.17, 15) is 5.11 Å². The Morgan fingerprint density at radius 3 is 3.17 bits per heavy atom. The fourth-order valence-corrected chi connectivity index (χ4v) is 2.46. The molecule has 2 N–H and O–H groups in total. The number of piperidine rings is 1. The van der Waals surface area contributed by atoms with Crippen molar-refractivity contribution < 1.29 is 5.11 Å². The van der Waals surface area contributed by atoms with E-state index in [-0.39, 0.29) is 0 Å². The molecule has 100 valence electrons. The Labute approximate surface area is 108 Å². The minimum absolute atomic E-state index is 0.291. The molecule has 2 heterocycles. The average Bonchev–Trinajstić information content (AvgIpc) is 2.45. The number of nitrogens with one attached hydrogen (secondary N) is 1. The summed E-state index contributed by atoms with van der Waals surface area (Å²) < 4.78 is 0. The number of anilines is 1. The van der Waals surface area contributed by atoms with Crippen molar-refractivity contribution in [3.63, 3.8) is 0 Å². The summed E-state index contributed by atoms with van der Waals surface area (Å²) in [6.07, 6.45) is 8.00. The van der Waals surface area contributed by atoms with Gasteiger partial charge in [0.1, 0.15) is 12.1 Å². The van der Waals surface area contributed by atoms with E-state index in [2.05, 4.69) is 20.2 Å². The quantitative estimate of drug-likeness (QED) is 0.741. The van der Waals surface area contributed by atoms with Gasteiger partial charge in [-0.15, -0.1) is 0 Å². The highest BCUT2D eigenvalue weighted by molar-refractivity contribution is 5.31. The van der Waals surface area contributed by atoms with Crippen molar-refractivity contribution >= 4 is 5.82 Å². The van der Waals surface area contributed by atoms with Crippen LogP contribution in [0, 0.1) is 0 Å². The van der Waals surface area contributed by atoms with Crippen LogP contribution in [0.4, 0.5) is 5.82 Å². The molecular formula is C13H22N4O. The maximum Gasteiger partial charge on any atom is 0.129 e. The van der Waals surface area contributed by atoms with Gasteiger partial charge in [-0.3, -0.25) is 4.90 Å². The van der Waals surface area contributed by atoms with Crippen molar-refractivity contribution in [3.8, 4) is 0 Å². The first-order chi connectivity index (χ1) is 8.90. The normalized spacial score (nSPS) is 20.8. The molecule has 0 aromatic carbocycles. The molecule has 0 bridgehead atoms. The van der Waals surface area contributed by atoms with E-state index in [0.717, 1.165) is 38.3 Å². The highest BCUT2D eigenvalue weighted by Crippen LogP contribution is 2.16. The lowest BCUT2D eigenvalue weighted by molar-refractivity contribution is 0.0901. The first-order valence-corrected chi connectivity index (χ1v) is 6.75. The molecule has 0 radical (unpaired) electrons. The molecule has 1 atom stereocenters. The van der Waals surface area contributed by atoms with Crippen molar-refractivity contribution in [2.24, 2.45) is 0 Å². The highest BCUT2D eigenvalue weighted by atomic mass is 16.3. The number of nitrogens with zero attached hydrogens (tertiary/aromatic N) is 3. The lowest BCUT2D eigenvalue weighted by Gasteiger charge is -2.34. The SMILES string of the molecule is OC[C@H]1CCCCN1CCCNc1ccncn1. The van der Waals surface area contributed by atoms with Crippen molar-refractivity contribution in [1.29, 1.82) is 0 Å². The number of rotatable bonds is 6. The van der Waals surface area contributed by atoms with Gasteiger partial charge in [-0.25, -0.2) is 9.97 Å². The van der Waals surface area contributed by atoms with Gasteiger partial charge in [-0.05, 0) is 31.9 Å². The molecule has 2 rings (SSSR count). The number of aliphatic hydroxyl groups excluding tert-OH is 1. The van der Waals surface area contributed by atoms with Crippen LogP contribution in [0.1, 0.15) is 25.7 Å². The van der Waals surface area contributed by atoms with Crippen LogP contribution in [0.2, 0.25) is 0 Å². The van der Waals surface area contributed by atoms with Crippen LogP contribution < -0.4 is 5.32 Å². The smallest absolute Gasteiger partial charge is 0.129 e. The monoisotopic (exact) mass is 250 g/mol. The summed E-state index contributed by atoms with van der Waals surface area (Å²) in [5, 5.41) is 12.6. The van der Waals surface area contributed by atoms with Crippen molar-refractivity contribution in [3.05, 3.63) is 18.6 Å². The zero-order valence-electron chi connectivity index (χ0n) is 10.8. The van der Waals surface area contributed by atoms with Gasteiger partial charge < -0.3 is 10.4 Å². The number of aliphatic hydroxyl groups is 1. The summed E-state index contributed by atoms with van der Waals surface area (Å²) in [7, 11) is 0. The maximum absolute atomic E-state index is 9.32. The summed E-state index contributed by atoms with van der Waals surface area (Å²) in [6, 6.07) is 2.25. The summed E-state index contributed by atoms with van der Waals surface area (Å²) >= 11 is 0. The molecule has 1 aliphatic rings. The molecule has 1 aromatic heterocycles. The second kappa shape index (κ2) is 7.28. The van der Waals surface area contributed by atoms with Gasteiger partial charge in [0.2, 0.25) is 0 Å². The van der Waals surface area contributed by atoms with Gasteiger partial charge in [-0.1, -0.05) is 6.42 Å². The minimum atomic E-state index is 0.291. The summed E-state index contributed by atoms with van der Waals surface area (Å²) in [5.74, 6) is 0.877. The molecule has 0 aliphatic carbocycles. The van der Waals surface area contributed by atoms with Crippen molar-refractivity contribution in [2.75, 3.05) is 31.6 Å². The van der Waals surface area contributed by atoms with Crippen LogP contribution in [0.15, 0.2) is 18.6 Å². The van der Waals surface area contributed by atoms with E-state index in [4.69, 9.17) is 0 Å². The fourth-order valence-electron chi connectivity index (χ4n) is 2.46. The molecule has 1 fully saturated rings. The Bertz CT molecular complexity index is 333. The Hall–Kier alpha value is -1.20. The summed E-state index contributed by atoms with van der Waals surface area (Å²) in [4.78, 5) is 10.4. The zero-order valence-corrected chi connectivity index (χ0v) is 10.8. The second-order valence-electron chi connectivity index (χ2n) is 4.74. The fraction of sp³-hybridized carbons (Fsp3) is 0.692. The Morgan fingerprint density at radius 1 is 1.44 bits per heavy atom. The maximum atomic E-state index is 9.32.